The third-order valence-corrected chi connectivity index (χ3v) is 3.78. The second kappa shape index (κ2) is 7.44. The average molecular weight is 272 g/mol. The Kier molecular flexibility index (Phi) is 5.60. The van der Waals surface area contributed by atoms with E-state index in [0.717, 1.165) is 18.7 Å². The fourth-order valence-corrected chi connectivity index (χ4v) is 2.60. The van der Waals surface area contributed by atoms with E-state index in [-0.39, 0.29) is 6.61 Å². The summed E-state index contributed by atoms with van der Waals surface area (Å²) < 4.78 is 0. The molecular formula is C17H24N2O. The molecule has 20 heavy (non-hydrogen) atoms. The summed E-state index contributed by atoms with van der Waals surface area (Å²) in [5.74, 6) is 6.08. The van der Waals surface area contributed by atoms with Crippen molar-refractivity contribution in [3.05, 3.63) is 35.4 Å². The van der Waals surface area contributed by atoms with Crippen molar-refractivity contribution in [1.82, 2.24) is 9.80 Å². The first-order valence-corrected chi connectivity index (χ1v) is 7.26. The highest BCUT2D eigenvalue weighted by Gasteiger charge is 2.23. The van der Waals surface area contributed by atoms with Gasteiger partial charge in [-0.1, -0.05) is 24.0 Å². The molecule has 1 heterocycles. The normalized spacial score (nSPS) is 19.1. The summed E-state index contributed by atoms with van der Waals surface area (Å²) in [6.45, 7) is 3.45. The number of benzene rings is 1. The molecule has 1 saturated heterocycles. The van der Waals surface area contributed by atoms with E-state index in [9.17, 15) is 0 Å². The van der Waals surface area contributed by atoms with Crippen LogP contribution in [-0.4, -0.2) is 54.7 Å². The maximum atomic E-state index is 8.75. The molecule has 1 aromatic rings. The van der Waals surface area contributed by atoms with Crippen molar-refractivity contribution in [3.63, 3.8) is 0 Å². The predicted octanol–water partition coefficient (Wildman–Crippen LogP) is 1.56. The van der Waals surface area contributed by atoms with Crippen LogP contribution in [0.25, 0.3) is 0 Å². The second-order valence-corrected chi connectivity index (χ2v) is 5.62. The van der Waals surface area contributed by atoms with Crippen molar-refractivity contribution in [1.29, 1.82) is 0 Å². The van der Waals surface area contributed by atoms with E-state index in [4.69, 9.17) is 5.11 Å². The van der Waals surface area contributed by atoms with Crippen LogP contribution in [0.5, 0.6) is 0 Å². The molecule has 3 heteroatoms. The Labute approximate surface area is 122 Å². The standard InChI is InChI=1S/C17H24N2O/c1-18(2)17-9-10-19(14-17)13-16-8-5-7-15(12-16)6-3-4-11-20/h5,7-8,12,17,20H,4,9-11,13-14H2,1-2H3. The topological polar surface area (TPSA) is 26.7 Å². The van der Waals surface area contributed by atoms with Gasteiger partial charge in [0.1, 0.15) is 0 Å². The van der Waals surface area contributed by atoms with Gasteiger partial charge >= 0.3 is 0 Å². The van der Waals surface area contributed by atoms with E-state index in [2.05, 4.69) is 53.9 Å². The molecule has 108 valence electrons. The first-order chi connectivity index (χ1) is 9.69. The van der Waals surface area contributed by atoms with Gasteiger partial charge < -0.3 is 10.0 Å². The van der Waals surface area contributed by atoms with Crippen molar-refractivity contribution in [2.75, 3.05) is 33.8 Å². The SMILES string of the molecule is CN(C)C1CCN(Cc2cccc(C#CCCO)c2)C1. The highest BCUT2D eigenvalue weighted by atomic mass is 16.2. The zero-order chi connectivity index (χ0) is 14.4. The van der Waals surface area contributed by atoms with Crippen molar-refractivity contribution in [2.24, 2.45) is 0 Å². The minimum atomic E-state index is 0.131. The smallest absolute Gasteiger partial charge is 0.0540 e. The third-order valence-electron chi connectivity index (χ3n) is 3.78. The van der Waals surface area contributed by atoms with Crippen molar-refractivity contribution in [3.8, 4) is 11.8 Å². The molecule has 1 N–H and O–H groups in total. The molecule has 1 fully saturated rings. The van der Waals surface area contributed by atoms with E-state index in [1.54, 1.807) is 0 Å². The Morgan fingerprint density at radius 3 is 2.95 bits per heavy atom. The summed E-state index contributed by atoms with van der Waals surface area (Å²) in [6, 6.07) is 9.11. The van der Waals surface area contributed by atoms with Gasteiger partial charge in [0.05, 0.1) is 6.61 Å². The number of aliphatic hydroxyl groups excluding tert-OH is 1. The van der Waals surface area contributed by atoms with Crippen LogP contribution in [0.4, 0.5) is 0 Å². The lowest BCUT2D eigenvalue weighted by Gasteiger charge is -2.20. The van der Waals surface area contributed by atoms with Crippen LogP contribution >= 0.6 is 0 Å². The number of likely N-dealkylation sites (tertiary alicyclic amines) is 1. The van der Waals surface area contributed by atoms with Gasteiger partial charge in [-0.3, -0.25) is 4.90 Å². The monoisotopic (exact) mass is 272 g/mol. The molecule has 1 unspecified atom stereocenters. The van der Waals surface area contributed by atoms with Crippen LogP contribution in [0, 0.1) is 11.8 Å². The minimum Gasteiger partial charge on any atom is -0.395 e. The van der Waals surface area contributed by atoms with E-state index in [1.165, 1.54) is 18.5 Å². The molecule has 3 nitrogen and oxygen atoms in total. The minimum absolute atomic E-state index is 0.131. The average Bonchev–Trinajstić information content (AvgIpc) is 2.88. The van der Waals surface area contributed by atoms with Gasteiger partial charge in [0.2, 0.25) is 0 Å². The van der Waals surface area contributed by atoms with Crippen LogP contribution in [0.3, 0.4) is 0 Å². The first-order valence-electron chi connectivity index (χ1n) is 7.26. The third kappa shape index (κ3) is 4.35. The van der Waals surface area contributed by atoms with Gasteiger partial charge in [-0.05, 0) is 38.2 Å². The van der Waals surface area contributed by atoms with Gasteiger partial charge in [0, 0.05) is 37.7 Å². The largest absolute Gasteiger partial charge is 0.395 e. The van der Waals surface area contributed by atoms with Crippen LogP contribution < -0.4 is 0 Å². The second-order valence-electron chi connectivity index (χ2n) is 5.62. The zero-order valence-corrected chi connectivity index (χ0v) is 12.5. The van der Waals surface area contributed by atoms with Gasteiger partial charge in [0.15, 0.2) is 0 Å². The molecule has 1 aliphatic rings. The van der Waals surface area contributed by atoms with Crippen LogP contribution in [-0.2, 0) is 6.54 Å². The van der Waals surface area contributed by atoms with E-state index < -0.39 is 0 Å². The zero-order valence-electron chi connectivity index (χ0n) is 12.5. The number of rotatable bonds is 4. The van der Waals surface area contributed by atoms with Crippen molar-refractivity contribution < 1.29 is 5.11 Å². The molecule has 0 radical (unpaired) electrons. The van der Waals surface area contributed by atoms with Crippen molar-refractivity contribution in [2.45, 2.75) is 25.4 Å². The molecule has 0 saturated carbocycles. The molecule has 0 aliphatic carbocycles. The number of hydrogen-bond donors (Lipinski definition) is 1. The maximum Gasteiger partial charge on any atom is 0.0540 e. The molecule has 0 bridgehead atoms. The fourth-order valence-electron chi connectivity index (χ4n) is 2.60. The summed E-state index contributed by atoms with van der Waals surface area (Å²) in [6.07, 6.45) is 1.80. The van der Waals surface area contributed by atoms with Gasteiger partial charge in [-0.15, -0.1) is 0 Å². The van der Waals surface area contributed by atoms with E-state index >= 15 is 0 Å². The number of likely N-dealkylation sites (N-methyl/N-ethyl adjacent to an activating group) is 1. The van der Waals surface area contributed by atoms with Gasteiger partial charge in [-0.25, -0.2) is 0 Å². The molecule has 0 amide bonds. The summed E-state index contributed by atoms with van der Waals surface area (Å²) in [7, 11) is 4.32. The molecule has 2 rings (SSSR count). The molecule has 1 aromatic carbocycles. The van der Waals surface area contributed by atoms with Gasteiger partial charge in [-0.2, -0.15) is 0 Å². The van der Waals surface area contributed by atoms with E-state index in [0.29, 0.717) is 12.5 Å². The maximum absolute atomic E-state index is 8.75. The Balaban J connectivity index is 1.94. The summed E-state index contributed by atoms with van der Waals surface area (Å²) in [5, 5.41) is 8.75. The fraction of sp³-hybridized carbons (Fsp3) is 0.529. The quantitative estimate of drug-likeness (QED) is 0.843. The van der Waals surface area contributed by atoms with Crippen molar-refractivity contribution >= 4 is 0 Å². The molecule has 1 atom stereocenters. The number of nitrogens with zero attached hydrogens (tertiary/aromatic N) is 2. The summed E-state index contributed by atoms with van der Waals surface area (Å²) in [5.41, 5.74) is 2.36. The summed E-state index contributed by atoms with van der Waals surface area (Å²) >= 11 is 0. The molecular weight excluding hydrogens is 248 g/mol. The highest BCUT2D eigenvalue weighted by Crippen LogP contribution is 2.16. The van der Waals surface area contributed by atoms with Crippen LogP contribution in [0.1, 0.15) is 24.0 Å². The van der Waals surface area contributed by atoms with Gasteiger partial charge in [0.25, 0.3) is 0 Å². The lowest BCUT2D eigenvalue weighted by Crippen LogP contribution is -2.31. The van der Waals surface area contributed by atoms with Crippen LogP contribution in [0.15, 0.2) is 24.3 Å². The Morgan fingerprint density at radius 2 is 2.25 bits per heavy atom. The number of hydrogen-bond acceptors (Lipinski definition) is 3. The number of aliphatic hydroxyl groups is 1. The summed E-state index contributed by atoms with van der Waals surface area (Å²) in [4.78, 5) is 4.82. The lowest BCUT2D eigenvalue weighted by atomic mass is 10.1. The predicted molar refractivity (Wildman–Crippen MR) is 82.4 cm³/mol. The first kappa shape index (κ1) is 15.1. The molecule has 0 aromatic heterocycles. The Hall–Kier alpha value is -1.34. The van der Waals surface area contributed by atoms with E-state index in [1.807, 2.05) is 6.07 Å². The Morgan fingerprint density at radius 1 is 1.40 bits per heavy atom. The molecule has 0 spiro atoms. The van der Waals surface area contributed by atoms with Crippen LogP contribution in [0.2, 0.25) is 0 Å². The Bertz CT molecular complexity index is 487. The molecule has 1 aliphatic heterocycles. The highest BCUT2D eigenvalue weighted by molar-refractivity contribution is 5.37. The lowest BCUT2D eigenvalue weighted by molar-refractivity contribution is 0.264.